The smallest absolute Gasteiger partial charge is 0.400 e. The molecule has 2 heterocycles. The van der Waals surface area contributed by atoms with E-state index in [0.717, 1.165) is 17.3 Å². The molecule has 0 radical (unpaired) electrons. The Labute approximate surface area is 130 Å². The maximum absolute atomic E-state index is 11.1. The van der Waals surface area contributed by atoms with Gasteiger partial charge in [-0.15, -0.1) is 0 Å². The number of carbonyl (C=O) groups is 1. The first-order valence-corrected chi connectivity index (χ1v) is 7.97. The first-order chi connectivity index (χ1) is 9.80. The lowest BCUT2D eigenvalue weighted by Gasteiger charge is -2.32. The summed E-state index contributed by atoms with van der Waals surface area (Å²) in [7, 11) is 1.48. The lowest BCUT2D eigenvalue weighted by molar-refractivity contribution is 0.00578. The van der Waals surface area contributed by atoms with Crippen molar-refractivity contribution in [3.8, 4) is 0 Å². The Balaban J connectivity index is 2.31. The fourth-order valence-corrected chi connectivity index (χ4v) is 2.89. The molecule has 0 aromatic carbocycles. The minimum atomic E-state index is -0.401. The summed E-state index contributed by atoms with van der Waals surface area (Å²) in [4.78, 5) is 11.1. The van der Waals surface area contributed by atoms with E-state index in [0.29, 0.717) is 12.1 Å². The Morgan fingerprint density at radius 2 is 1.81 bits per heavy atom. The van der Waals surface area contributed by atoms with Gasteiger partial charge in [0, 0.05) is 17.5 Å². The Morgan fingerprint density at radius 1 is 1.24 bits per heavy atom. The van der Waals surface area contributed by atoms with Crippen molar-refractivity contribution < 1.29 is 14.1 Å². The summed E-state index contributed by atoms with van der Waals surface area (Å²) >= 11 is 1.52. The van der Waals surface area contributed by atoms with Crippen LogP contribution in [0.25, 0.3) is 6.08 Å². The summed E-state index contributed by atoms with van der Waals surface area (Å²) < 4.78 is 12.2. The minimum absolute atomic E-state index is 0.368. The second kappa shape index (κ2) is 6.05. The van der Waals surface area contributed by atoms with Gasteiger partial charge in [0.2, 0.25) is 0 Å². The average molecular weight is 307 g/mol. The molecule has 1 aliphatic rings. The molecule has 0 unspecified atom stereocenters. The third kappa shape index (κ3) is 3.29. The van der Waals surface area contributed by atoms with Gasteiger partial charge in [0.25, 0.3) is 0 Å². The largest absolute Gasteiger partial charge is 0.491 e. The fraction of sp³-hybridized carbons (Fsp3) is 0.533. The first-order valence-electron chi connectivity index (χ1n) is 7.03. The van der Waals surface area contributed by atoms with Crippen molar-refractivity contribution in [3.63, 3.8) is 0 Å². The standard InChI is InChI=1S/C15H22BNO3S/c1-14(2)15(3,4)20-16(19-14)13(7-17-5)6-11-9-21-10-12(11)8-18/h6,8-10,17H,7H2,1-5H3. The van der Waals surface area contributed by atoms with Gasteiger partial charge in [-0.05, 0) is 51.2 Å². The van der Waals surface area contributed by atoms with Crippen molar-refractivity contribution in [1.29, 1.82) is 0 Å². The number of aldehydes is 1. The van der Waals surface area contributed by atoms with Crippen molar-refractivity contribution in [3.05, 3.63) is 27.4 Å². The molecule has 4 nitrogen and oxygen atoms in total. The molecule has 1 fully saturated rings. The molecule has 6 heteroatoms. The highest BCUT2D eigenvalue weighted by Crippen LogP contribution is 2.38. The van der Waals surface area contributed by atoms with Crippen LogP contribution in [0.4, 0.5) is 0 Å². The van der Waals surface area contributed by atoms with Gasteiger partial charge in [-0.2, -0.15) is 11.3 Å². The molecule has 114 valence electrons. The van der Waals surface area contributed by atoms with Crippen LogP contribution in [-0.2, 0) is 9.31 Å². The number of hydrogen-bond donors (Lipinski definition) is 1. The molecule has 0 saturated carbocycles. The van der Waals surface area contributed by atoms with Crippen LogP contribution in [0.15, 0.2) is 16.2 Å². The van der Waals surface area contributed by atoms with Gasteiger partial charge in [0.1, 0.15) is 0 Å². The van der Waals surface area contributed by atoms with Crippen LogP contribution in [-0.4, -0.2) is 38.2 Å². The lowest BCUT2D eigenvalue weighted by Crippen LogP contribution is -2.41. The van der Waals surface area contributed by atoms with Gasteiger partial charge in [0.15, 0.2) is 6.29 Å². The number of carbonyl (C=O) groups excluding carboxylic acids is 1. The molecule has 0 spiro atoms. The summed E-state index contributed by atoms with van der Waals surface area (Å²) in [5.41, 5.74) is 1.86. The van der Waals surface area contributed by atoms with E-state index in [1.54, 1.807) is 0 Å². The van der Waals surface area contributed by atoms with Crippen LogP contribution >= 0.6 is 11.3 Å². The van der Waals surface area contributed by atoms with Gasteiger partial charge >= 0.3 is 7.12 Å². The molecule has 0 aliphatic carbocycles. The van der Waals surface area contributed by atoms with E-state index in [9.17, 15) is 4.79 Å². The summed E-state index contributed by atoms with van der Waals surface area (Å²) in [5.74, 6) is 0. The van der Waals surface area contributed by atoms with Crippen molar-refractivity contribution in [2.24, 2.45) is 0 Å². The summed E-state index contributed by atoms with van der Waals surface area (Å²) in [6.45, 7) is 8.78. The lowest BCUT2D eigenvalue weighted by atomic mass is 9.77. The summed E-state index contributed by atoms with van der Waals surface area (Å²) in [5, 5.41) is 6.95. The molecular weight excluding hydrogens is 285 g/mol. The predicted molar refractivity (Wildman–Crippen MR) is 87.7 cm³/mol. The zero-order valence-corrected chi connectivity index (χ0v) is 14.0. The monoisotopic (exact) mass is 307 g/mol. The number of hydrogen-bond acceptors (Lipinski definition) is 5. The highest BCUT2D eigenvalue weighted by Gasteiger charge is 2.52. The van der Waals surface area contributed by atoms with Crippen LogP contribution < -0.4 is 5.32 Å². The molecule has 1 saturated heterocycles. The molecule has 1 aromatic heterocycles. The SMILES string of the molecule is CNCC(=Cc1cscc1C=O)B1OC(C)(C)C(C)(C)O1. The number of nitrogens with one attached hydrogen (secondary N) is 1. The Morgan fingerprint density at radius 3 is 2.33 bits per heavy atom. The molecule has 21 heavy (non-hydrogen) atoms. The summed E-state index contributed by atoms with van der Waals surface area (Å²) in [6.07, 6.45) is 2.86. The van der Waals surface area contributed by atoms with Crippen molar-refractivity contribution >= 4 is 30.8 Å². The maximum Gasteiger partial charge on any atom is 0.491 e. The van der Waals surface area contributed by atoms with Crippen molar-refractivity contribution in [2.45, 2.75) is 38.9 Å². The number of likely N-dealkylation sites (N-methyl/N-ethyl adjacent to an activating group) is 1. The quantitative estimate of drug-likeness (QED) is 0.671. The fourth-order valence-electron chi connectivity index (χ4n) is 2.13. The minimum Gasteiger partial charge on any atom is -0.400 e. The van der Waals surface area contributed by atoms with Crippen LogP contribution in [0, 0.1) is 0 Å². The van der Waals surface area contributed by atoms with Gasteiger partial charge in [0.05, 0.1) is 11.2 Å². The summed E-state index contributed by atoms with van der Waals surface area (Å²) in [6, 6.07) is 0. The molecule has 0 bridgehead atoms. The molecule has 1 aromatic rings. The Bertz CT molecular complexity index is 535. The second-order valence-corrected chi connectivity index (χ2v) is 6.98. The molecule has 1 N–H and O–H groups in total. The molecule has 2 rings (SSSR count). The molecular formula is C15H22BNO3S. The maximum atomic E-state index is 11.1. The molecule has 0 amide bonds. The Hall–Kier alpha value is -0.945. The average Bonchev–Trinajstić information content (AvgIpc) is 2.91. The van der Waals surface area contributed by atoms with E-state index in [4.69, 9.17) is 9.31 Å². The zero-order chi connectivity index (χ0) is 15.7. The van der Waals surface area contributed by atoms with Gasteiger partial charge < -0.3 is 14.6 Å². The van der Waals surface area contributed by atoms with Crippen LogP contribution in [0.3, 0.4) is 0 Å². The van der Waals surface area contributed by atoms with E-state index in [1.807, 2.05) is 51.6 Å². The van der Waals surface area contributed by atoms with E-state index in [2.05, 4.69) is 5.32 Å². The van der Waals surface area contributed by atoms with Crippen LogP contribution in [0.5, 0.6) is 0 Å². The highest BCUT2D eigenvalue weighted by molar-refractivity contribution is 7.08. The third-order valence-corrected chi connectivity index (χ3v) is 4.91. The van der Waals surface area contributed by atoms with E-state index in [-0.39, 0.29) is 11.2 Å². The van der Waals surface area contributed by atoms with E-state index < -0.39 is 7.12 Å². The normalized spacial score (nSPS) is 20.8. The van der Waals surface area contributed by atoms with Crippen LogP contribution in [0.1, 0.15) is 43.6 Å². The number of rotatable bonds is 5. The Kier molecular flexibility index (Phi) is 4.73. The van der Waals surface area contributed by atoms with Crippen LogP contribution in [0.2, 0.25) is 0 Å². The zero-order valence-electron chi connectivity index (χ0n) is 13.2. The highest BCUT2D eigenvalue weighted by atomic mass is 32.1. The van der Waals surface area contributed by atoms with E-state index in [1.165, 1.54) is 11.3 Å². The molecule has 0 atom stereocenters. The van der Waals surface area contributed by atoms with Gasteiger partial charge in [-0.3, -0.25) is 4.79 Å². The van der Waals surface area contributed by atoms with Crippen molar-refractivity contribution in [1.82, 2.24) is 5.32 Å². The third-order valence-electron chi connectivity index (χ3n) is 4.13. The topological polar surface area (TPSA) is 47.6 Å². The second-order valence-electron chi connectivity index (χ2n) is 6.24. The van der Waals surface area contributed by atoms with Gasteiger partial charge in [-0.1, -0.05) is 6.08 Å². The molecule has 1 aliphatic heterocycles. The van der Waals surface area contributed by atoms with Crippen molar-refractivity contribution in [2.75, 3.05) is 13.6 Å². The van der Waals surface area contributed by atoms with E-state index >= 15 is 0 Å². The number of thiophene rings is 1. The predicted octanol–water partition coefficient (Wildman–Crippen LogP) is 2.79. The van der Waals surface area contributed by atoms with Gasteiger partial charge in [-0.25, -0.2) is 0 Å². The first kappa shape index (κ1) is 16.4.